The van der Waals surface area contributed by atoms with Crippen molar-refractivity contribution in [2.45, 2.75) is 98.5 Å². The molecule has 0 bridgehead atoms. The van der Waals surface area contributed by atoms with Crippen LogP contribution in [0, 0.1) is 17.3 Å². The van der Waals surface area contributed by atoms with Gasteiger partial charge in [-0.05, 0) is 74.9 Å². The van der Waals surface area contributed by atoms with Crippen LogP contribution in [0.2, 0.25) is 0 Å². The zero-order valence-corrected chi connectivity index (χ0v) is 33.2. The standard InChI is InChI=1S/C44H56N2O9/c1-29(2)25-37(54-41(51)44(7,8)28-45-42(52)55-43(4,5)6)40(50)53-36(30(3)21-22-31-15-10-9-11-16-31)19-14-20-38(47)46-35(39(48)49)27-32-23-24-33-17-12-13-18-34(33)26-32/h9-18,20-24,26,29-30,35-37H,19,25,27-28H2,1-8H3,(H,45,52)(H,46,47)(H,48,49)/b20-14+,22-21+/t30-,35-,36+,37+/m1/s1. The molecular formula is C44H56N2O9. The molecule has 0 aliphatic heterocycles. The van der Waals surface area contributed by atoms with Gasteiger partial charge in [0.25, 0.3) is 0 Å². The van der Waals surface area contributed by atoms with Crippen molar-refractivity contribution in [1.29, 1.82) is 0 Å². The van der Waals surface area contributed by atoms with Crippen molar-refractivity contribution in [3.05, 3.63) is 102 Å². The lowest BCUT2D eigenvalue weighted by Gasteiger charge is -2.29. The molecule has 0 saturated carbocycles. The Morgan fingerprint density at radius 2 is 1.49 bits per heavy atom. The number of fused-ring (bicyclic) bond motifs is 1. The van der Waals surface area contributed by atoms with Gasteiger partial charge in [-0.25, -0.2) is 14.4 Å². The van der Waals surface area contributed by atoms with Crippen LogP contribution in [0.4, 0.5) is 4.79 Å². The summed E-state index contributed by atoms with van der Waals surface area (Å²) in [5, 5.41) is 17.0. The molecule has 3 aromatic carbocycles. The van der Waals surface area contributed by atoms with Crippen molar-refractivity contribution in [2.24, 2.45) is 17.3 Å². The lowest BCUT2D eigenvalue weighted by Crippen LogP contribution is -2.44. The molecule has 3 rings (SSSR count). The number of benzene rings is 3. The first-order valence-corrected chi connectivity index (χ1v) is 18.6. The van der Waals surface area contributed by atoms with Crippen LogP contribution in [-0.4, -0.2) is 65.4 Å². The first-order chi connectivity index (χ1) is 25.8. The molecule has 296 valence electrons. The number of aliphatic carboxylic acids is 1. The highest BCUT2D eigenvalue weighted by Crippen LogP contribution is 2.23. The van der Waals surface area contributed by atoms with E-state index in [0.29, 0.717) is 0 Å². The molecule has 0 unspecified atom stereocenters. The van der Waals surface area contributed by atoms with E-state index in [9.17, 15) is 29.1 Å². The summed E-state index contributed by atoms with van der Waals surface area (Å²) in [6, 6.07) is 21.8. The number of carboxylic acids is 1. The van der Waals surface area contributed by atoms with Gasteiger partial charge in [-0.2, -0.15) is 0 Å². The number of alkyl carbamates (subject to hydrolysis) is 1. The summed E-state index contributed by atoms with van der Waals surface area (Å²) in [6.45, 7) is 13.9. The van der Waals surface area contributed by atoms with Crippen LogP contribution in [0.1, 0.15) is 79.4 Å². The highest BCUT2D eigenvalue weighted by atomic mass is 16.6. The highest BCUT2D eigenvalue weighted by Gasteiger charge is 2.36. The second-order valence-corrected chi connectivity index (χ2v) is 15.8. The predicted octanol–water partition coefficient (Wildman–Crippen LogP) is 7.67. The number of hydrogen-bond acceptors (Lipinski definition) is 8. The predicted molar refractivity (Wildman–Crippen MR) is 213 cm³/mol. The van der Waals surface area contributed by atoms with Crippen molar-refractivity contribution >= 4 is 46.8 Å². The monoisotopic (exact) mass is 756 g/mol. The second-order valence-electron chi connectivity index (χ2n) is 15.8. The Hall–Kier alpha value is -5.45. The molecule has 0 radical (unpaired) electrons. The van der Waals surface area contributed by atoms with Crippen molar-refractivity contribution in [1.82, 2.24) is 10.6 Å². The quantitative estimate of drug-likeness (QED) is 0.0673. The number of amides is 2. The van der Waals surface area contributed by atoms with Crippen LogP contribution < -0.4 is 10.6 Å². The van der Waals surface area contributed by atoms with Crippen LogP contribution >= 0.6 is 0 Å². The molecule has 0 fully saturated rings. The Morgan fingerprint density at radius 3 is 2.13 bits per heavy atom. The van der Waals surface area contributed by atoms with Gasteiger partial charge in [0.15, 0.2) is 6.10 Å². The fourth-order valence-electron chi connectivity index (χ4n) is 5.47. The Balaban J connectivity index is 1.74. The largest absolute Gasteiger partial charge is 0.480 e. The lowest BCUT2D eigenvalue weighted by molar-refractivity contribution is -0.178. The molecule has 0 spiro atoms. The molecule has 11 nitrogen and oxygen atoms in total. The summed E-state index contributed by atoms with van der Waals surface area (Å²) < 4.78 is 17.0. The van der Waals surface area contributed by atoms with E-state index in [4.69, 9.17) is 14.2 Å². The number of ether oxygens (including phenoxy) is 3. The van der Waals surface area contributed by atoms with Gasteiger partial charge in [0.1, 0.15) is 17.7 Å². The summed E-state index contributed by atoms with van der Waals surface area (Å²) in [6.07, 6.45) is 4.24. The van der Waals surface area contributed by atoms with Gasteiger partial charge in [0.2, 0.25) is 5.91 Å². The fourth-order valence-corrected chi connectivity index (χ4v) is 5.47. The van der Waals surface area contributed by atoms with Crippen molar-refractivity contribution in [3.8, 4) is 0 Å². The van der Waals surface area contributed by atoms with Crippen molar-refractivity contribution in [2.75, 3.05) is 6.54 Å². The Labute approximate surface area is 324 Å². The van der Waals surface area contributed by atoms with Crippen LogP contribution in [-0.2, 0) is 39.8 Å². The van der Waals surface area contributed by atoms with Crippen LogP contribution in [0.5, 0.6) is 0 Å². The molecule has 0 aromatic heterocycles. The third kappa shape index (κ3) is 15.4. The molecule has 55 heavy (non-hydrogen) atoms. The van der Waals surface area contributed by atoms with Gasteiger partial charge in [-0.15, -0.1) is 0 Å². The van der Waals surface area contributed by atoms with E-state index >= 15 is 0 Å². The maximum Gasteiger partial charge on any atom is 0.407 e. The van der Waals surface area contributed by atoms with E-state index in [1.807, 2.05) is 106 Å². The van der Waals surface area contributed by atoms with E-state index in [0.717, 1.165) is 21.9 Å². The van der Waals surface area contributed by atoms with E-state index in [-0.39, 0.29) is 37.6 Å². The molecule has 2 amide bonds. The molecule has 0 saturated heterocycles. The Bertz CT molecular complexity index is 1830. The Kier molecular flexibility index (Phi) is 16.2. The van der Waals surface area contributed by atoms with Gasteiger partial charge < -0.3 is 30.0 Å². The van der Waals surface area contributed by atoms with E-state index in [1.54, 1.807) is 34.6 Å². The van der Waals surface area contributed by atoms with Gasteiger partial charge in [-0.1, -0.05) is 112 Å². The van der Waals surface area contributed by atoms with Crippen LogP contribution in [0.3, 0.4) is 0 Å². The minimum Gasteiger partial charge on any atom is -0.480 e. The number of hydrogen-bond donors (Lipinski definition) is 3. The second kappa shape index (κ2) is 20.3. The van der Waals surface area contributed by atoms with Crippen LogP contribution in [0.15, 0.2) is 91.0 Å². The van der Waals surface area contributed by atoms with E-state index in [1.165, 1.54) is 12.2 Å². The molecule has 11 heteroatoms. The zero-order valence-electron chi connectivity index (χ0n) is 33.2. The molecule has 0 aliphatic rings. The molecule has 0 heterocycles. The molecule has 0 aliphatic carbocycles. The van der Waals surface area contributed by atoms with Crippen molar-refractivity contribution < 1.29 is 43.3 Å². The van der Waals surface area contributed by atoms with Gasteiger partial charge in [0.05, 0.1) is 5.41 Å². The maximum absolute atomic E-state index is 13.7. The summed E-state index contributed by atoms with van der Waals surface area (Å²) in [7, 11) is 0. The number of esters is 2. The van der Waals surface area contributed by atoms with Crippen LogP contribution in [0.25, 0.3) is 16.8 Å². The first-order valence-electron chi connectivity index (χ1n) is 18.6. The topological polar surface area (TPSA) is 157 Å². The smallest absolute Gasteiger partial charge is 0.407 e. The van der Waals surface area contributed by atoms with Crippen molar-refractivity contribution in [3.63, 3.8) is 0 Å². The molecule has 3 aromatic rings. The SMILES string of the molecule is CC(C)C[C@H](OC(=O)C(C)(C)CNC(=O)OC(C)(C)C)C(=O)O[C@@H](C/C=C/C(=O)N[C@H](Cc1ccc2ccccc2c1)C(=O)O)[C@H](C)/C=C/c1ccccc1. The third-order valence-electron chi connectivity index (χ3n) is 8.58. The summed E-state index contributed by atoms with van der Waals surface area (Å²) in [5.74, 6) is -3.62. The molecular weight excluding hydrogens is 700 g/mol. The summed E-state index contributed by atoms with van der Waals surface area (Å²) in [4.78, 5) is 64.4. The highest BCUT2D eigenvalue weighted by molar-refractivity contribution is 5.91. The number of carbonyl (C=O) groups is 5. The Morgan fingerprint density at radius 1 is 0.836 bits per heavy atom. The minimum atomic E-state index is -1.24. The average molecular weight is 757 g/mol. The van der Waals surface area contributed by atoms with Gasteiger partial charge in [-0.3, -0.25) is 9.59 Å². The molecule has 3 N–H and O–H groups in total. The summed E-state index contributed by atoms with van der Waals surface area (Å²) in [5.41, 5.74) is -0.214. The number of carbonyl (C=O) groups excluding carboxylic acids is 4. The van der Waals surface area contributed by atoms with E-state index in [2.05, 4.69) is 10.6 Å². The average Bonchev–Trinajstić information content (AvgIpc) is 3.11. The minimum absolute atomic E-state index is 0.0393. The lowest BCUT2D eigenvalue weighted by atomic mass is 9.93. The first kappa shape index (κ1) is 44.0. The maximum atomic E-state index is 13.7. The van der Waals surface area contributed by atoms with Gasteiger partial charge >= 0.3 is 24.0 Å². The zero-order chi connectivity index (χ0) is 40.8. The number of carboxylic acid groups (broad SMARTS) is 1. The molecule has 4 atom stereocenters. The normalized spacial score (nSPS) is 14.3. The van der Waals surface area contributed by atoms with E-state index < -0.39 is 59.2 Å². The van der Waals surface area contributed by atoms with Gasteiger partial charge in [0, 0.05) is 25.3 Å². The number of nitrogens with one attached hydrogen (secondary N) is 2. The summed E-state index contributed by atoms with van der Waals surface area (Å²) >= 11 is 0. The number of rotatable bonds is 18. The fraction of sp³-hybridized carbons (Fsp3) is 0.432. The third-order valence-corrected chi connectivity index (χ3v) is 8.58.